The Kier molecular flexibility index (Phi) is 13.3. The molecule has 0 fully saturated rings. The van der Waals surface area contributed by atoms with Crippen LogP contribution in [0.15, 0.2) is 58.4 Å². The third kappa shape index (κ3) is 9.36. The zero-order valence-electron chi connectivity index (χ0n) is 25.9. The Labute approximate surface area is 257 Å². The van der Waals surface area contributed by atoms with Gasteiger partial charge in [0.1, 0.15) is 0 Å². The van der Waals surface area contributed by atoms with Crippen molar-refractivity contribution >= 4 is 23.4 Å². The predicted octanol–water partition coefficient (Wildman–Crippen LogP) is 11.0. The van der Waals surface area contributed by atoms with Gasteiger partial charge in [-0.15, -0.1) is 11.8 Å². The van der Waals surface area contributed by atoms with Crippen LogP contribution in [0.2, 0.25) is 0 Å². The summed E-state index contributed by atoms with van der Waals surface area (Å²) in [5, 5.41) is 10.7. The fraction of sp³-hybridized carbons (Fsp3) is 0.514. The van der Waals surface area contributed by atoms with Crippen LogP contribution in [-0.2, 0) is 0 Å². The molecule has 2 aromatic carbocycles. The molecule has 42 heavy (non-hydrogen) atoms. The molecule has 3 aromatic rings. The molecule has 1 aromatic heterocycles. The maximum Gasteiger partial charge on any atom is 0.280 e. The zero-order valence-corrected chi connectivity index (χ0v) is 26.7. The second-order valence-electron chi connectivity index (χ2n) is 11.9. The smallest absolute Gasteiger partial charge is 0.280 e. The Morgan fingerprint density at radius 2 is 1.17 bits per heavy atom. The highest BCUT2D eigenvalue weighted by Gasteiger charge is 2.33. The van der Waals surface area contributed by atoms with Crippen molar-refractivity contribution in [2.24, 2.45) is 4.99 Å². The highest BCUT2D eigenvalue weighted by atomic mass is 32.2. The molecule has 1 aliphatic rings. The molecule has 0 atom stereocenters. The van der Waals surface area contributed by atoms with Crippen LogP contribution in [0.3, 0.4) is 0 Å². The molecule has 0 saturated carbocycles. The zero-order chi connectivity index (χ0) is 29.6. The van der Waals surface area contributed by atoms with Crippen LogP contribution in [0, 0.1) is 6.92 Å². The van der Waals surface area contributed by atoms with Gasteiger partial charge in [0.2, 0.25) is 0 Å². The van der Waals surface area contributed by atoms with E-state index in [1.54, 1.807) is 0 Å². The summed E-state index contributed by atoms with van der Waals surface area (Å²) >= 11 is 1.89. The van der Waals surface area contributed by atoms with E-state index in [0.717, 1.165) is 22.4 Å². The number of aromatic amines is 1. The van der Waals surface area contributed by atoms with Crippen LogP contribution < -0.4 is 0 Å². The number of rotatable bonds is 20. The molecule has 4 rings (SSSR count). The lowest BCUT2D eigenvalue weighted by Gasteiger charge is -2.05. The van der Waals surface area contributed by atoms with Gasteiger partial charge in [-0.05, 0) is 36.8 Å². The van der Waals surface area contributed by atoms with Gasteiger partial charge in [0.05, 0.1) is 22.5 Å². The third-order valence-corrected chi connectivity index (χ3v) is 9.48. The van der Waals surface area contributed by atoms with Gasteiger partial charge in [0, 0.05) is 10.5 Å². The van der Waals surface area contributed by atoms with Crippen molar-refractivity contribution in [2.75, 3.05) is 5.75 Å². The number of aliphatic imine (C=N–C) groups is 1. The number of unbranched alkanes of at least 4 members (excludes halogenated alkanes) is 15. The Bertz CT molecular complexity index is 1270. The molecule has 0 aliphatic carbocycles. The third-order valence-electron chi connectivity index (χ3n) is 8.38. The summed E-state index contributed by atoms with van der Waals surface area (Å²) in [5.41, 5.74) is 4.96. The highest BCUT2D eigenvalue weighted by molar-refractivity contribution is 7.99. The van der Waals surface area contributed by atoms with E-state index in [2.05, 4.69) is 29.0 Å². The number of hydrogen-bond acceptors (Lipinski definition) is 3. The van der Waals surface area contributed by atoms with Gasteiger partial charge in [-0.3, -0.25) is 4.79 Å². The normalized spacial score (nSPS) is 12.6. The molecule has 1 aliphatic heterocycles. The summed E-state index contributed by atoms with van der Waals surface area (Å²) < 4.78 is 0. The molecule has 2 heterocycles. The van der Waals surface area contributed by atoms with Gasteiger partial charge < -0.3 is 10.1 Å². The standard InChI is InChI=1S/C37H50N2O2S/c1-3-4-5-6-7-8-9-10-11-12-13-14-15-16-17-18-27-42-31-25-23-30(24-26-31)35-33-32(36(40)39-35)34(38-37(33)41)29-21-19-28(2)20-22-29/h19-26,39-40H,3-18,27H2,1-2H3. The lowest BCUT2D eigenvalue weighted by Crippen LogP contribution is -1.99. The molecule has 2 N–H and O–H groups in total. The number of fused-ring (bicyclic) bond motifs is 1. The molecule has 0 radical (unpaired) electrons. The van der Waals surface area contributed by atoms with Crippen LogP contribution in [0.5, 0.6) is 5.88 Å². The van der Waals surface area contributed by atoms with Gasteiger partial charge in [-0.1, -0.05) is 145 Å². The second-order valence-corrected chi connectivity index (χ2v) is 13.1. The number of H-pyrrole nitrogens is 1. The Morgan fingerprint density at radius 3 is 1.71 bits per heavy atom. The van der Waals surface area contributed by atoms with E-state index < -0.39 is 0 Å². The van der Waals surface area contributed by atoms with Crippen molar-refractivity contribution < 1.29 is 9.90 Å². The number of carbonyl (C=O) groups excluding carboxylic acids is 1. The number of amides is 1. The van der Waals surface area contributed by atoms with E-state index in [4.69, 9.17) is 0 Å². The quantitative estimate of drug-likeness (QED) is 0.102. The predicted molar refractivity (Wildman–Crippen MR) is 179 cm³/mol. The number of thioether (sulfide) groups is 1. The van der Waals surface area contributed by atoms with E-state index in [0.29, 0.717) is 22.5 Å². The summed E-state index contributed by atoms with van der Waals surface area (Å²) in [6.45, 7) is 4.31. The first-order chi connectivity index (χ1) is 20.6. The Hall–Kier alpha value is -2.79. The van der Waals surface area contributed by atoms with Gasteiger partial charge in [0.25, 0.3) is 5.91 Å². The molecule has 0 unspecified atom stereocenters. The number of nitrogens with zero attached hydrogens (tertiary/aromatic N) is 1. The summed E-state index contributed by atoms with van der Waals surface area (Å²) in [6, 6.07) is 16.1. The first kappa shape index (κ1) is 32.1. The van der Waals surface area contributed by atoms with Crippen LogP contribution in [-0.4, -0.2) is 27.5 Å². The molecular weight excluding hydrogens is 536 g/mol. The Morgan fingerprint density at radius 1 is 0.667 bits per heavy atom. The fourth-order valence-corrected chi connectivity index (χ4v) is 6.75. The van der Waals surface area contributed by atoms with E-state index in [1.165, 1.54) is 108 Å². The number of benzene rings is 2. The summed E-state index contributed by atoms with van der Waals surface area (Å²) in [7, 11) is 0. The van der Waals surface area contributed by atoms with Crippen LogP contribution in [0.1, 0.15) is 137 Å². The van der Waals surface area contributed by atoms with Crippen LogP contribution in [0.25, 0.3) is 11.3 Å². The molecule has 5 heteroatoms. The molecule has 226 valence electrons. The van der Waals surface area contributed by atoms with Crippen molar-refractivity contribution in [3.63, 3.8) is 0 Å². The number of nitrogens with one attached hydrogen (secondary N) is 1. The minimum atomic E-state index is -0.311. The van der Waals surface area contributed by atoms with Crippen molar-refractivity contribution in [3.05, 3.63) is 70.8 Å². The fourth-order valence-electron chi connectivity index (χ4n) is 5.84. The maximum atomic E-state index is 12.9. The monoisotopic (exact) mass is 586 g/mol. The SMILES string of the molecule is CCCCCCCCCCCCCCCCCCSc1ccc(-c2[nH]c(O)c3c2C(=O)N=C3c2ccc(C)cc2)cc1. The molecular formula is C37H50N2O2S. The molecule has 0 bridgehead atoms. The van der Waals surface area contributed by atoms with Gasteiger partial charge >= 0.3 is 0 Å². The first-order valence-corrected chi connectivity index (χ1v) is 17.5. The molecule has 0 spiro atoms. The van der Waals surface area contributed by atoms with E-state index >= 15 is 0 Å². The molecule has 1 amide bonds. The Balaban J connectivity index is 1.10. The van der Waals surface area contributed by atoms with E-state index in [-0.39, 0.29) is 11.8 Å². The number of aromatic nitrogens is 1. The second kappa shape index (κ2) is 17.4. The molecule has 4 nitrogen and oxygen atoms in total. The van der Waals surface area contributed by atoms with Crippen molar-refractivity contribution in [1.29, 1.82) is 0 Å². The summed E-state index contributed by atoms with van der Waals surface area (Å²) in [6.07, 6.45) is 22.3. The number of aryl methyl sites for hydroxylation is 1. The maximum absolute atomic E-state index is 12.9. The summed E-state index contributed by atoms with van der Waals surface area (Å²) in [5.74, 6) is 0.809. The minimum Gasteiger partial charge on any atom is -0.494 e. The average molecular weight is 587 g/mol. The van der Waals surface area contributed by atoms with Crippen molar-refractivity contribution in [1.82, 2.24) is 4.98 Å². The molecule has 0 saturated heterocycles. The lowest BCUT2D eigenvalue weighted by atomic mass is 9.99. The average Bonchev–Trinajstić information content (AvgIpc) is 3.53. The lowest BCUT2D eigenvalue weighted by molar-refractivity contribution is 0.101. The van der Waals surface area contributed by atoms with Crippen LogP contribution in [0.4, 0.5) is 0 Å². The number of hydrogen-bond donors (Lipinski definition) is 2. The van der Waals surface area contributed by atoms with Crippen LogP contribution >= 0.6 is 11.8 Å². The summed E-state index contributed by atoms with van der Waals surface area (Å²) in [4.78, 5) is 21.4. The number of aromatic hydroxyl groups is 1. The van der Waals surface area contributed by atoms with Crippen molar-refractivity contribution in [3.8, 4) is 17.1 Å². The van der Waals surface area contributed by atoms with E-state index in [1.807, 2.05) is 55.1 Å². The topological polar surface area (TPSA) is 65.4 Å². The number of carbonyl (C=O) groups is 1. The largest absolute Gasteiger partial charge is 0.494 e. The van der Waals surface area contributed by atoms with Gasteiger partial charge in [-0.25, -0.2) is 4.99 Å². The first-order valence-electron chi connectivity index (χ1n) is 16.5. The van der Waals surface area contributed by atoms with Crippen molar-refractivity contribution in [2.45, 2.75) is 121 Å². The van der Waals surface area contributed by atoms with Gasteiger partial charge in [-0.2, -0.15) is 0 Å². The van der Waals surface area contributed by atoms with E-state index in [9.17, 15) is 9.90 Å². The minimum absolute atomic E-state index is 0.00729. The highest BCUT2D eigenvalue weighted by Crippen LogP contribution is 2.38. The van der Waals surface area contributed by atoms with Gasteiger partial charge in [0.15, 0.2) is 5.88 Å².